The summed E-state index contributed by atoms with van der Waals surface area (Å²) in [6.45, 7) is 0.220. The van der Waals surface area contributed by atoms with Crippen molar-refractivity contribution in [2.75, 3.05) is 18.6 Å². The van der Waals surface area contributed by atoms with Gasteiger partial charge in [-0.3, -0.25) is 4.90 Å². The predicted molar refractivity (Wildman–Crippen MR) is 72.9 cm³/mol. The van der Waals surface area contributed by atoms with Gasteiger partial charge in [0.05, 0.1) is 5.69 Å². The number of anilines is 1. The molecule has 21 heavy (non-hydrogen) atoms. The standard InChI is InChI=1S/C14H14ClF3N2O/c1-21-13(14(16,17)18)6-10(7-13)8-20(9-19)12-4-2-3-11(15)5-12/h2-5,10H,6-8H2,1H3. The van der Waals surface area contributed by atoms with E-state index in [2.05, 4.69) is 4.74 Å². The Morgan fingerprint density at radius 1 is 1.48 bits per heavy atom. The maximum absolute atomic E-state index is 12.9. The lowest BCUT2D eigenvalue weighted by atomic mass is 9.70. The molecule has 1 fully saturated rings. The molecular formula is C14H14ClF3N2O. The molecule has 0 heterocycles. The van der Waals surface area contributed by atoms with Crippen LogP contribution in [0.25, 0.3) is 0 Å². The van der Waals surface area contributed by atoms with Crippen LogP contribution in [0.15, 0.2) is 24.3 Å². The van der Waals surface area contributed by atoms with Gasteiger partial charge in [0.2, 0.25) is 0 Å². The average molecular weight is 319 g/mol. The molecule has 2 rings (SSSR count). The fourth-order valence-corrected chi connectivity index (χ4v) is 2.81. The zero-order valence-corrected chi connectivity index (χ0v) is 12.1. The largest absolute Gasteiger partial charge is 0.417 e. The van der Waals surface area contributed by atoms with Crippen molar-refractivity contribution in [2.45, 2.75) is 24.6 Å². The Morgan fingerprint density at radius 3 is 2.62 bits per heavy atom. The van der Waals surface area contributed by atoms with Gasteiger partial charge in [0.15, 0.2) is 11.8 Å². The Hall–Kier alpha value is -1.45. The first kappa shape index (κ1) is 15.9. The van der Waals surface area contributed by atoms with Crippen LogP contribution < -0.4 is 4.90 Å². The van der Waals surface area contributed by atoms with Gasteiger partial charge in [0, 0.05) is 18.7 Å². The second-order valence-electron chi connectivity index (χ2n) is 5.16. The summed E-state index contributed by atoms with van der Waals surface area (Å²) in [5.74, 6) is -0.245. The summed E-state index contributed by atoms with van der Waals surface area (Å²) in [6, 6.07) is 6.67. The average Bonchev–Trinajstić information content (AvgIpc) is 2.36. The third-order valence-electron chi connectivity index (χ3n) is 3.83. The van der Waals surface area contributed by atoms with Crippen LogP contribution in [0.5, 0.6) is 0 Å². The van der Waals surface area contributed by atoms with E-state index in [1.165, 1.54) is 4.90 Å². The number of nitrogens with zero attached hydrogens (tertiary/aromatic N) is 2. The first-order valence-corrected chi connectivity index (χ1v) is 6.74. The topological polar surface area (TPSA) is 36.3 Å². The summed E-state index contributed by atoms with van der Waals surface area (Å²) in [5.41, 5.74) is -1.49. The number of ether oxygens (including phenoxy) is 1. The van der Waals surface area contributed by atoms with Crippen molar-refractivity contribution < 1.29 is 17.9 Å². The monoisotopic (exact) mass is 318 g/mol. The minimum absolute atomic E-state index is 0.133. The fourth-order valence-electron chi connectivity index (χ4n) is 2.62. The van der Waals surface area contributed by atoms with Crippen molar-refractivity contribution in [3.8, 4) is 6.19 Å². The molecule has 0 saturated heterocycles. The highest BCUT2D eigenvalue weighted by Gasteiger charge is 2.62. The lowest BCUT2D eigenvalue weighted by Crippen LogP contribution is -2.58. The number of benzene rings is 1. The van der Waals surface area contributed by atoms with Crippen LogP contribution in [0.3, 0.4) is 0 Å². The number of hydrogen-bond donors (Lipinski definition) is 0. The van der Waals surface area contributed by atoms with Crippen molar-refractivity contribution in [3.05, 3.63) is 29.3 Å². The van der Waals surface area contributed by atoms with E-state index in [0.29, 0.717) is 10.7 Å². The molecule has 114 valence electrons. The van der Waals surface area contributed by atoms with E-state index in [0.717, 1.165) is 7.11 Å². The van der Waals surface area contributed by atoms with Gasteiger partial charge >= 0.3 is 6.18 Å². The number of hydrogen-bond acceptors (Lipinski definition) is 3. The first-order valence-electron chi connectivity index (χ1n) is 6.36. The molecule has 0 amide bonds. The molecule has 1 aromatic rings. The fraction of sp³-hybridized carbons (Fsp3) is 0.500. The summed E-state index contributed by atoms with van der Waals surface area (Å²) in [4.78, 5) is 1.35. The summed E-state index contributed by atoms with van der Waals surface area (Å²) >= 11 is 5.85. The molecular weight excluding hydrogens is 305 g/mol. The van der Waals surface area contributed by atoms with E-state index in [1.54, 1.807) is 24.3 Å². The maximum Gasteiger partial charge on any atom is 0.417 e. The normalized spacial score (nSPS) is 25.0. The Kier molecular flexibility index (Phi) is 4.35. The molecule has 1 saturated carbocycles. The zero-order chi connectivity index (χ0) is 15.7. The molecule has 0 aromatic heterocycles. The molecule has 3 nitrogen and oxygen atoms in total. The minimum atomic E-state index is -4.38. The van der Waals surface area contributed by atoms with E-state index >= 15 is 0 Å². The van der Waals surface area contributed by atoms with E-state index in [1.807, 2.05) is 6.19 Å². The summed E-state index contributed by atoms with van der Waals surface area (Å²) in [7, 11) is 1.07. The maximum atomic E-state index is 12.9. The van der Waals surface area contributed by atoms with Crippen molar-refractivity contribution in [3.63, 3.8) is 0 Å². The second-order valence-corrected chi connectivity index (χ2v) is 5.60. The Morgan fingerprint density at radius 2 is 2.14 bits per heavy atom. The van der Waals surface area contributed by atoms with Crippen LogP contribution in [-0.2, 0) is 4.74 Å². The third-order valence-corrected chi connectivity index (χ3v) is 4.06. The zero-order valence-electron chi connectivity index (χ0n) is 11.3. The third kappa shape index (κ3) is 3.09. The lowest BCUT2D eigenvalue weighted by molar-refractivity contribution is -0.307. The highest BCUT2D eigenvalue weighted by molar-refractivity contribution is 6.30. The summed E-state index contributed by atoms with van der Waals surface area (Å²) in [6.07, 6.45) is -2.67. The lowest BCUT2D eigenvalue weighted by Gasteiger charge is -2.47. The number of halogens is 4. The molecule has 7 heteroatoms. The summed E-state index contributed by atoms with van der Waals surface area (Å²) in [5, 5.41) is 9.64. The van der Waals surface area contributed by atoms with Gasteiger partial charge in [0.1, 0.15) is 0 Å². The van der Waals surface area contributed by atoms with Gasteiger partial charge in [-0.25, -0.2) is 0 Å². The smallest absolute Gasteiger partial charge is 0.369 e. The van der Waals surface area contributed by atoms with Gasteiger partial charge in [0.25, 0.3) is 0 Å². The van der Waals surface area contributed by atoms with Crippen molar-refractivity contribution in [1.29, 1.82) is 5.26 Å². The van der Waals surface area contributed by atoms with Gasteiger partial charge < -0.3 is 4.74 Å². The molecule has 0 radical (unpaired) electrons. The van der Waals surface area contributed by atoms with Gasteiger partial charge in [-0.15, -0.1) is 0 Å². The highest BCUT2D eigenvalue weighted by atomic mass is 35.5. The van der Waals surface area contributed by atoms with Crippen LogP contribution in [0.2, 0.25) is 5.02 Å². The summed E-state index contributed by atoms with van der Waals surface area (Å²) < 4.78 is 43.4. The molecule has 0 atom stereocenters. The molecule has 0 unspecified atom stereocenters. The molecule has 0 spiro atoms. The second kappa shape index (κ2) is 5.74. The predicted octanol–water partition coefficient (Wildman–Crippen LogP) is 3.98. The van der Waals surface area contributed by atoms with Crippen LogP contribution in [-0.4, -0.2) is 25.4 Å². The Balaban J connectivity index is 2.02. The van der Waals surface area contributed by atoms with Crippen LogP contribution in [0.4, 0.5) is 18.9 Å². The molecule has 0 aliphatic heterocycles. The van der Waals surface area contributed by atoms with Crippen LogP contribution in [0.1, 0.15) is 12.8 Å². The molecule has 1 aliphatic carbocycles. The van der Waals surface area contributed by atoms with Crippen LogP contribution >= 0.6 is 11.6 Å². The number of nitriles is 1. The number of rotatable bonds is 4. The number of methoxy groups -OCH3 is 1. The van der Waals surface area contributed by atoms with Crippen molar-refractivity contribution >= 4 is 17.3 Å². The van der Waals surface area contributed by atoms with E-state index < -0.39 is 11.8 Å². The minimum Gasteiger partial charge on any atom is -0.369 e. The Labute approximate surface area is 125 Å². The number of alkyl halides is 3. The quantitative estimate of drug-likeness (QED) is 0.622. The molecule has 1 aromatic carbocycles. The van der Waals surface area contributed by atoms with Gasteiger partial charge in [-0.1, -0.05) is 17.7 Å². The van der Waals surface area contributed by atoms with E-state index in [9.17, 15) is 13.2 Å². The Bertz CT molecular complexity index is 550. The molecule has 1 aliphatic rings. The van der Waals surface area contributed by atoms with E-state index in [-0.39, 0.29) is 25.3 Å². The molecule has 0 bridgehead atoms. The SMILES string of the molecule is COC1(C(F)(F)F)CC(CN(C#N)c2cccc(Cl)c2)C1. The van der Waals surface area contributed by atoms with Crippen molar-refractivity contribution in [2.24, 2.45) is 5.92 Å². The molecule has 0 N–H and O–H groups in total. The van der Waals surface area contributed by atoms with Crippen molar-refractivity contribution in [1.82, 2.24) is 0 Å². The van der Waals surface area contributed by atoms with Gasteiger partial charge in [-0.2, -0.15) is 18.4 Å². The van der Waals surface area contributed by atoms with Gasteiger partial charge in [-0.05, 0) is 37.0 Å². The van der Waals surface area contributed by atoms with E-state index in [4.69, 9.17) is 16.9 Å². The van der Waals surface area contributed by atoms with Crippen LogP contribution in [0, 0.1) is 17.4 Å². The highest BCUT2D eigenvalue weighted by Crippen LogP contribution is 2.51. The first-order chi connectivity index (χ1) is 9.81.